The third-order valence-electron chi connectivity index (χ3n) is 5.20. The van der Waals surface area contributed by atoms with Crippen molar-refractivity contribution in [1.29, 1.82) is 0 Å². The van der Waals surface area contributed by atoms with Crippen molar-refractivity contribution in [2.45, 2.75) is 0 Å². The fraction of sp³-hybridized carbons (Fsp3) is 0.273. The number of nitrogens with zero attached hydrogens (tertiary/aromatic N) is 4. The zero-order valence-corrected chi connectivity index (χ0v) is 17.9. The van der Waals surface area contributed by atoms with Crippen molar-refractivity contribution in [1.82, 2.24) is 14.9 Å². The minimum absolute atomic E-state index is 0.428. The maximum Gasteiger partial charge on any atom is 0.229 e. The highest BCUT2D eigenvalue weighted by molar-refractivity contribution is 6.30. The Morgan fingerprint density at radius 2 is 1.63 bits per heavy atom. The van der Waals surface area contributed by atoms with Crippen LogP contribution in [0.2, 0.25) is 5.02 Å². The predicted molar refractivity (Wildman–Crippen MR) is 123 cm³/mol. The van der Waals surface area contributed by atoms with E-state index in [9.17, 15) is 0 Å². The zero-order valence-electron chi connectivity index (χ0n) is 17.1. The van der Waals surface area contributed by atoms with Crippen LogP contribution < -0.4 is 20.7 Å². The van der Waals surface area contributed by atoms with Crippen LogP contribution >= 0.6 is 11.6 Å². The van der Waals surface area contributed by atoms with Gasteiger partial charge in [-0.3, -0.25) is 0 Å². The molecule has 0 unspecified atom stereocenters. The number of piperazine rings is 1. The monoisotopic (exact) mass is 424 g/mol. The first-order valence-corrected chi connectivity index (χ1v) is 10.2. The van der Waals surface area contributed by atoms with Gasteiger partial charge in [0.15, 0.2) is 0 Å². The van der Waals surface area contributed by atoms with E-state index in [4.69, 9.17) is 27.1 Å². The Bertz CT molecular complexity index is 1000. The Morgan fingerprint density at radius 1 is 0.967 bits per heavy atom. The fourth-order valence-electron chi connectivity index (χ4n) is 3.42. The quantitative estimate of drug-likeness (QED) is 0.643. The highest BCUT2D eigenvalue weighted by Gasteiger charge is 2.21. The van der Waals surface area contributed by atoms with E-state index < -0.39 is 0 Å². The summed E-state index contributed by atoms with van der Waals surface area (Å²) in [4.78, 5) is 13.9. The summed E-state index contributed by atoms with van der Waals surface area (Å²) in [5.41, 5.74) is 8.98. The highest BCUT2D eigenvalue weighted by Crippen LogP contribution is 2.35. The number of likely N-dealkylation sites (N-methyl/N-ethyl adjacent to an activating group) is 1. The van der Waals surface area contributed by atoms with E-state index in [-0.39, 0.29) is 0 Å². The number of halogens is 1. The molecule has 1 aliphatic rings. The highest BCUT2D eigenvalue weighted by atomic mass is 35.5. The van der Waals surface area contributed by atoms with Crippen molar-refractivity contribution in [2.24, 2.45) is 0 Å². The molecule has 3 N–H and O–H groups in total. The number of hydrogen-bond acceptors (Lipinski definition) is 7. The molecule has 30 heavy (non-hydrogen) atoms. The van der Waals surface area contributed by atoms with Gasteiger partial charge >= 0.3 is 0 Å². The van der Waals surface area contributed by atoms with E-state index in [0.717, 1.165) is 48.7 Å². The lowest BCUT2D eigenvalue weighted by atomic mass is 10.1. The Labute approximate surface area is 181 Å². The van der Waals surface area contributed by atoms with E-state index in [1.807, 2.05) is 48.5 Å². The molecule has 4 rings (SSSR count). The average Bonchev–Trinajstić information content (AvgIpc) is 2.75. The van der Waals surface area contributed by atoms with Crippen LogP contribution in [0.3, 0.4) is 0 Å². The van der Waals surface area contributed by atoms with Gasteiger partial charge in [0, 0.05) is 36.9 Å². The van der Waals surface area contributed by atoms with Crippen LogP contribution in [0, 0.1) is 0 Å². The molecular weight excluding hydrogens is 400 g/mol. The number of benzene rings is 2. The van der Waals surface area contributed by atoms with Gasteiger partial charge < -0.3 is 25.6 Å². The fourth-order valence-corrected chi connectivity index (χ4v) is 3.54. The molecule has 1 fully saturated rings. The smallest absolute Gasteiger partial charge is 0.229 e. The molecule has 1 aromatic heterocycles. The molecule has 2 heterocycles. The van der Waals surface area contributed by atoms with Crippen molar-refractivity contribution in [3.8, 4) is 16.9 Å². The SMILES string of the molecule is COc1ccc(Nc2nc(N3CCN(C)CC3)nc(N)c2-c2ccc(Cl)cc2)cc1. The van der Waals surface area contributed by atoms with Crippen LogP contribution in [0.25, 0.3) is 11.1 Å². The van der Waals surface area contributed by atoms with E-state index in [1.165, 1.54) is 0 Å². The summed E-state index contributed by atoms with van der Waals surface area (Å²) < 4.78 is 5.25. The summed E-state index contributed by atoms with van der Waals surface area (Å²) in [6.45, 7) is 3.64. The molecular formula is C22H25ClN6O. The summed E-state index contributed by atoms with van der Waals surface area (Å²) in [5.74, 6) is 2.51. The molecule has 2 aromatic carbocycles. The first kappa shape index (κ1) is 20.3. The normalized spacial score (nSPS) is 14.6. The molecule has 0 radical (unpaired) electrons. The van der Waals surface area contributed by atoms with Crippen LogP contribution in [0.4, 0.5) is 23.3 Å². The average molecular weight is 425 g/mol. The van der Waals surface area contributed by atoms with Gasteiger partial charge in [-0.05, 0) is 49.0 Å². The maximum atomic E-state index is 6.44. The molecule has 7 nitrogen and oxygen atoms in total. The van der Waals surface area contributed by atoms with Gasteiger partial charge in [-0.15, -0.1) is 0 Å². The molecule has 3 aromatic rings. The predicted octanol–water partition coefficient (Wildman–Crippen LogP) is 3.88. The Kier molecular flexibility index (Phi) is 5.92. The number of aromatic nitrogens is 2. The number of hydrogen-bond donors (Lipinski definition) is 2. The number of rotatable bonds is 5. The van der Waals surface area contributed by atoms with Gasteiger partial charge in [0.25, 0.3) is 0 Å². The summed E-state index contributed by atoms with van der Waals surface area (Å²) >= 11 is 6.07. The standard InChI is InChI=1S/C22H25ClN6O/c1-28-11-13-29(14-12-28)22-26-20(24)19(15-3-5-16(23)6-4-15)21(27-22)25-17-7-9-18(30-2)10-8-17/h3-10H,11-14H2,1-2H3,(H3,24,25,26,27). The minimum Gasteiger partial charge on any atom is -0.497 e. The Hall–Kier alpha value is -3.03. The molecule has 0 saturated carbocycles. The third-order valence-corrected chi connectivity index (χ3v) is 5.45. The molecule has 0 aliphatic carbocycles. The van der Waals surface area contributed by atoms with Crippen molar-refractivity contribution >= 4 is 34.9 Å². The molecule has 8 heteroatoms. The lowest BCUT2D eigenvalue weighted by Crippen LogP contribution is -2.45. The van der Waals surface area contributed by atoms with Crippen molar-refractivity contribution in [2.75, 3.05) is 56.3 Å². The minimum atomic E-state index is 0.428. The number of nitrogen functional groups attached to an aromatic ring is 1. The van der Waals surface area contributed by atoms with Crippen LogP contribution in [-0.2, 0) is 0 Å². The van der Waals surface area contributed by atoms with Crippen molar-refractivity contribution in [3.05, 3.63) is 53.6 Å². The molecule has 0 amide bonds. The van der Waals surface area contributed by atoms with Crippen LogP contribution in [0.1, 0.15) is 0 Å². The lowest BCUT2D eigenvalue weighted by Gasteiger charge is -2.32. The zero-order chi connectivity index (χ0) is 21.1. The van der Waals surface area contributed by atoms with Crippen molar-refractivity contribution in [3.63, 3.8) is 0 Å². The van der Waals surface area contributed by atoms with Crippen LogP contribution in [0.15, 0.2) is 48.5 Å². The van der Waals surface area contributed by atoms with E-state index >= 15 is 0 Å². The second-order valence-corrected chi connectivity index (χ2v) is 7.72. The van der Waals surface area contributed by atoms with Gasteiger partial charge in [-0.25, -0.2) is 0 Å². The molecule has 1 saturated heterocycles. The van der Waals surface area contributed by atoms with E-state index in [0.29, 0.717) is 22.6 Å². The van der Waals surface area contributed by atoms with Crippen molar-refractivity contribution < 1.29 is 4.74 Å². The summed E-state index contributed by atoms with van der Waals surface area (Å²) in [6, 6.07) is 15.2. The van der Waals surface area contributed by atoms with Crippen LogP contribution in [0.5, 0.6) is 5.75 Å². The molecule has 1 aliphatic heterocycles. The van der Waals surface area contributed by atoms with Crippen LogP contribution in [-0.4, -0.2) is 55.2 Å². The lowest BCUT2D eigenvalue weighted by molar-refractivity contribution is 0.311. The number of ether oxygens (including phenoxy) is 1. The van der Waals surface area contributed by atoms with Gasteiger partial charge in [0.1, 0.15) is 17.4 Å². The Morgan fingerprint density at radius 3 is 2.27 bits per heavy atom. The third kappa shape index (κ3) is 4.42. The van der Waals surface area contributed by atoms with Gasteiger partial charge in [-0.2, -0.15) is 9.97 Å². The van der Waals surface area contributed by atoms with Gasteiger partial charge in [-0.1, -0.05) is 23.7 Å². The molecule has 0 spiro atoms. The topological polar surface area (TPSA) is 79.5 Å². The van der Waals surface area contributed by atoms with E-state index in [2.05, 4.69) is 27.1 Å². The summed E-state index contributed by atoms with van der Waals surface area (Å²) in [7, 11) is 3.77. The van der Waals surface area contributed by atoms with Gasteiger partial charge in [0.05, 0.1) is 12.7 Å². The second kappa shape index (κ2) is 8.77. The number of methoxy groups -OCH3 is 1. The summed E-state index contributed by atoms with van der Waals surface area (Å²) in [5, 5.41) is 4.07. The largest absolute Gasteiger partial charge is 0.497 e. The van der Waals surface area contributed by atoms with E-state index in [1.54, 1.807) is 7.11 Å². The first-order valence-electron chi connectivity index (χ1n) is 9.81. The molecule has 0 atom stereocenters. The number of nitrogens with two attached hydrogens (primary N) is 1. The maximum absolute atomic E-state index is 6.44. The number of anilines is 4. The second-order valence-electron chi connectivity index (χ2n) is 7.28. The Balaban J connectivity index is 1.74. The first-order chi connectivity index (χ1) is 14.5. The molecule has 0 bridgehead atoms. The summed E-state index contributed by atoms with van der Waals surface area (Å²) in [6.07, 6.45) is 0. The molecule has 156 valence electrons. The van der Waals surface area contributed by atoms with Gasteiger partial charge in [0.2, 0.25) is 5.95 Å². The number of nitrogens with one attached hydrogen (secondary N) is 1.